The van der Waals surface area contributed by atoms with Crippen LogP contribution in [0.15, 0.2) is 24.3 Å². The standard InChI is InChI=1S/C18H24N2O4/c1-13-9-10-19(17-8-3-2-7-16(13)17)18(21)12-24-15-6-4-5-14(11-15)20(22)23/h4-6,11,13,16-17H,2-3,7-10,12H2,1H3. The molecule has 1 saturated heterocycles. The van der Waals surface area contributed by atoms with E-state index in [0.717, 1.165) is 19.4 Å². The van der Waals surface area contributed by atoms with Crippen molar-refractivity contribution in [3.63, 3.8) is 0 Å². The highest BCUT2D eigenvalue weighted by Gasteiger charge is 2.39. The second kappa shape index (κ2) is 7.20. The molecular formula is C18H24N2O4. The van der Waals surface area contributed by atoms with Crippen molar-refractivity contribution in [3.05, 3.63) is 34.4 Å². The van der Waals surface area contributed by atoms with Gasteiger partial charge in [-0.2, -0.15) is 0 Å². The van der Waals surface area contributed by atoms with E-state index in [2.05, 4.69) is 6.92 Å². The molecule has 1 aromatic rings. The Labute approximate surface area is 141 Å². The maximum Gasteiger partial charge on any atom is 0.273 e. The lowest BCUT2D eigenvalue weighted by atomic mass is 9.72. The average Bonchev–Trinajstić information content (AvgIpc) is 2.60. The molecule has 1 aliphatic heterocycles. The van der Waals surface area contributed by atoms with Crippen molar-refractivity contribution in [2.45, 2.75) is 45.1 Å². The lowest BCUT2D eigenvalue weighted by Crippen LogP contribution is -2.53. The van der Waals surface area contributed by atoms with Crippen molar-refractivity contribution in [1.29, 1.82) is 0 Å². The van der Waals surface area contributed by atoms with E-state index >= 15 is 0 Å². The van der Waals surface area contributed by atoms with E-state index < -0.39 is 4.92 Å². The Balaban J connectivity index is 1.62. The first kappa shape index (κ1) is 16.7. The second-order valence-corrected chi connectivity index (χ2v) is 6.91. The molecule has 3 rings (SSSR count). The first-order valence-electron chi connectivity index (χ1n) is 8.73. The Morgan fingerprint density at radius 2 is 2.12 bits per heavy atom. The van der Waals surface area contributed by atoms with E-state index in [1.54, 1.807) is 12.1 Å². The number of rotatable bonds is 4. The van der Waals surface area contributed by atoms with Crippen LogP contribution in [0.25, 0.3) is 0 Å². The molecule has 24 heavy (non-hydrogen) atoms. The molecule has 0 N–H and O–H groups in total. The van der Waals surface area contributed by atoms with Crippen molar-refractivity contribution in [2.24, 2.45) is 11.8 Å². The number of fused-ring (bicyclic) bond motifs is 1. The Morgan fingerprint density at radius 1 is 1.33 bits per heavy atom. The number of nitro groups is 1. The molecule has 1 aromatic carbocycles. The quantitative estimate of drug-likeness (QED) is 0.626. The van der Waals surface area contributed by atoms with Gasteiger partial charge in [0.25, 0.3) is 11.6 Å². The summed E-state index contributed by atoms with van der Waals surface area (Å²) in [6.07, 6.45) is 5.78. The van der Waals surface area contributed by atoms with Crippen LogP contribution in [0.4, 0.5) is 5.69 Å². The minimum atomic E-state index is -0.465. The molecular weight excluding hydrogens is 308 g/mol. The van der Waals surface area contributed by atoms with Gasteiger partial charge in [-0.05, 0) is 37.2 Å². The molecule has 1 amide bonds. The summed E-state index contributed by atoms with van der Waals surface area (Å²) in [4.78, 5) is 24.9. The molecule has 0 aromatic heterocycles. The van der Waals surface area contributed by atoms with Gasteiger partial charge in [-0.1, -0.05) is 25.8 Å². The Kier molecular flexibility index (Phi) is 5.02. The summed E-state index contributed by atoms with van der Waals surface area (Å²) in [6.45, 7) is 3.03. The van der Waals surface area contributed by atoms with Gasteiger partial charge in [0, 0.05) is 18.7 Å². The first-order chi connectivity index (χ1) is 11.6. The molecule has 130 valence electrons. The number of non-ortho nitro benzene ring substituents is 1. The van der Waals surface area contributed by atoms with Crippen LogP contribution in [0.5, 0.6) is 5.75 Å². The lowest BCUT2D eigenvalue weighted by molar-refractivity contribution is -0.384. The molecule has 0 radical (unpaired) electrons. The number of amides is 1. The molecule has 6 nitrogen and oxygen atoms in total. The molecule has 0 bridgehead atoms. The fraction of sp³-hybridized carbons (Fsp3) is 0.611. The second-order valence-electron chi connectivity index (χ2n) is 6.91. The minimum absolute atomic E-state index is 0.00898. The number of piperidine rings is 1. The van der Waals surface area contributed by atoms with Crippen LogP contribution in [0.1, 0.15) is 39.0 Å². The van der Waals surface area contributed by atoms with Crippen molar-refractivity contribution < 1.29 is 14.5 Å². The topological polar surface area (TPSA) is 72.7 Å². The number of ether oxygens (including phenoxy) is 1. The smallest absolute Gasteiger partial charge is 0.273 e. The minimum Gasteiger partial charge on any atom is -0.484 e. The maximum absolute atomic E-state index is 12.6. The third kappa shape index (κ3) is 3.52. The van der Waals surface area contributed by atoms with Gasteiger partial charge >= 0.3 is 0 Å². The number of hydrogen-bond donors (Lipinski definition) is 0. The number of nitrogens with zero attached hydrogens (tertiary/aromatic N) is 2. The Bertz CT molecular complexity index is 619. The lowest BCUT2D eigenvalue weighted by Gasteiger charge is -2.47. The maximum atomic E-state index is 12.6. The van der Waals surface area contributed by atoms with Crippen LogP contribution in [-0.2, 0) is 4.79 Å². The Hall–Kier alpha value is -2.11. The summed E-state index contributed by atoms with van der Waals surface area (Å²) in [5.41, 5.74) is -0.0286. The molecule has 3 unspecified atom stereocenters. The third-order valence-corrected chi connectivity index (χ3v) is 5.45. The zero-order valence-electron chi connectivity index (χ0n) is 14.0. The fourth-order valence-electron chi connectivity index (χ4n) is 4.14. The summed E-state index contributed by atoms with van der Waals surface area (Å²) in [7, 11) is 0. The number of hydrogen-bond acceptors (Lipinski definition) is 4. The number of likely N-dealkylation sites (tertiary alicyclic amines) is 1. The molecule has 2 fully saturated rings. The van der Waals surface area contributed by atoms with E-state index in [9.17, 15) is 14.9 Å². The molecule has 1 saturated carbocycles. The van der Waals surface area contributed by atoms with Crippen molar-refractivity contribution in [3.8, 4) is 5.75 Å². The fourth-order valence-corrected chi connectivity index (χ4v) is 4.14. The molecule has 1 aliphatic carbocycles. The van der Waals surface area contributed by atoms with E-state index in [1.807, 2.05) is 4.90 Å². The largest absolute Gasteiger partial charge is 0.484 e. The van der Waals surface area contributed by atoms with E-state index in [4.69, 9.17) is 4.74 Å². The van der Waals surface area contributed by atoms with Gasteiger partial charge in [0.15, 0.2) is 6.61 Å². The zero-order chi connectivity index (χ0) is 17.1. The van der Waals surface area contributed by atoms with Crippen LogP contribution in [0, 0.1) is 22.0 Å². The van der Waals surface area contributed by atoms with Crippen LogP contribution in [0.2, 0.25) is 0 Å². The number of carbonyl (C=O) groups is 1. The van der Waals surface area contributed by atoms with Gasteiger partial charge in [-0.3, -0.25) is 14.9 Å². The molecule has 0 spiro atoms. The predicted molar refractivity (Wildman–Crippen MR) is 89.8 cm³/mol. The highest BCUT2D eigenvalue weighted by molar-refractivity contribution is 5.78. The van der Waals surface area contributed by atoms with Gasteiger partial charge < -0.3 is 9.64 Å². The summed E-state index contributed by atoms with van der Waals surface area (Å²) in [5.74, 6) is 1.64. The first-order valence-corrected chi connectivity index (χ1v) is 8.73. The summed E-state index contributed by atoms with van der Waals surface area (Å²) < 4.78 is 5.52. The normalized spacial score (nSPS) is 26.5. The number of nitro benzene ring substituents is 1. The third-order valence-electron chi connectivity index (χ3n) is 5.45. The van der Waals surface area contributed by atoms with Gasteiger partial charge in [0.1, 0.15) is 5.75 Å². The van der Waals surface area contributed by atoms with Crippen LogP contribution >= 0.6 is 0 Å². The molecule has 6 heteroatoms. The van der Waals surface area contributed by atoms with Gasteiger partial charge in [0.05, 0.1) is 11.0 Å². The monoisotopic (exact) mass is 332 g/mol. The number of benzene rings is 1. The zero-order valence-corrected chi connectivity index (χ0v) is 14.0. The average molecular weight is 332 g/mol. The number of carbonyl (C=O) groups excluding carboxylic acids is 1. The molecule has 1 heterocycles. The van der Waals surface area contributed by atoms with Crippen molar-refractivity contribution >= 4 is 11.6 Å². The van der Waals surface area contributed by atoms with Gasteiger partial charge in [-0.15, -0.1) is 0 Å². The van der Waals surface area contributed by atoms with Crippen LogP contribution < -0.4 is 4.74 Å². The SMILES string of the molecule is CC1CCN(C(=O)COc2cccc([N+](=O)[O-])c2)C2CCCCC12. The van der Waals surface area contributed by atoms with Crippen molar-refractivity contribution in [1.82, 2.24) is 4.90 Å². The predicted octanol–water partition coefficient (Wildman–Crippen LogP) is 3.40. The van der Waals surface area contributed by atoms with E-state index in [0.29, 0.717) is 23.6 Å². The molecule has 3 atom stereocenters. The van der Waals surface area contributed by atoms with Crippen LogP contribution in [-0.4, -0.2) is 34.9 Å². The van der Waals surface area contributed by atoms with Crippen molar-refractivity contribution in [2.75, 3.05) is 13.2 Å². The van der Waals surface area contributed by atoms with Gasteiger partial charge in [0.2, 0.25) is 0 Å². The summed E-state index contributed by atoms with van der Waals surface area (Å²) >= 11 is 0. The Morgan fingerprint density at radius 3 is 2.92 bits per heavy atom. The summed E-state index contributed by atoms with van der Waals surface area (Å²) in [6, 6.07) is 6.31. The molecule has 2 aliphatic rings. The van der Waals surface area contributed by atoms with Gasteiger partial charge in [-0.25, -0.2) is 0 Å². The highest BCUT2D eigenvalue weighted by atomic mass is 16.6. The van der Waals surface area contributed by atoms with E-state index in [-0.39, 0.29) is 18.2 Å². The van der Waals surface area contributed by atoms with E-state index in [1.165, 1.54) is 31.4 Å². The summed E-state index contributed by atoms with van der Waals surface area (Å²) in [5, 5.41) is 10.8. The van der Waals surface area contributed by atoms with Crippen LogP contribution in [0.3, 0.4) is 0 Å². The highest BCUT2D eigenvalue weighted by Crippen LogP contribution is 2.38.